The Balaban J connectivity index is 2.69. The third-order valence-corrected chi connectivity index (χ3v) is 3.40. The molecule has 1 fully saturated rings. The molecular formula is C11H22N2O3. The van der Waals surface area contributed by atoms with Crippen LogP contribution in [0.2, 0.25) is 0 Å². The van der Waals surface area contributed by atoms with Crippen LogP contribution in [-0.4, -0.2) is 56.9 Å². The van der Waals surface area contributed by atoms with Crippen LogP contribution in [0.25, 0.3) is 0 Å². The number of hydrogen-bond acceptors (Lipinski definition) is 4. The van der Waals surface area contributed by atoms with Crippen LogP contribution in [0.5, 0.6) is 0 Å². The predicted octanol–water partition coefficient (Wildman–Crippen LogP) is -0.156. The van der Waals surface area contributed by atoms with E-state index in [1.54, 1.807) is 19.1 Å². The minimum Gasteiger partial charge on any atom is -0.383 e. The van der Waals surface area contributed by atoms with Gasteiger partial charge in [-0.05, 0) is 13.8 Å². The second-order valence-corrected chi connectivity index (χ2v) is 4.76. The number of amides is 1. The molecule has 1 aliphatic rings. The molecule has 1 saturated heterocycles. The molecule has 1 rings (SSSR count). The van der Waals surface area contributed by atoms with Gasteiger partial charge in [-0.15, -0.1) is 0 Å². The third-order valence-electron chi connectivity index (χ3n) is 3.40. The monoisotopic (exact) mass is 230 g/mol. The lowest BCUT2D eigenvalue weighted by Gasteiger charge is -2.34. The van der Waals surface area contributed by atoms with Crippen molar-refractivity contribution in [2.45, 2.75) is 25.9 Å². The summed E-state index contributed by atoms with van der Waals surface area (Å²) in [5.41, 5.74) is 5.32. The van der Waals surface area contributed by atoms with Gasteiger partial charge in [0.1, 0.15) is 0 Å². The smallest absolute Gasteiger partial charge is 0.232 e. The largest absolute Gasteiger partial charge is 0.383 e. The maximum Gasteiger partial charge on any atom is 0.232 e. The molecule has 0 aromatic carbocycles. The van der Waals surface area contributed by atoms with Crippen LogP contribution in [0.4, 0.5) is 0 Å². The Bertz CT molecular complexity index is 260. The van der Waals surface area contributed by atoms with Crippen molar-refractivity contribution in [3.05, 3.63) is 0 Å². The molecule has 0 saturated carbocycles. The highest BCUT2D eigenvalue weighted by atomic mass is 16.5. The number of nitrogens with zero attached hydrogens (tertiary/aromatic N) is 1. The van der Waals surface area contributed by atoms with Gasteiger partial charge in [-0.1, -0.05) is 0 Å². The Kier molecular flexibility index (Phi) is 4.29. The zero-order chi connectivity index (χ0) is 12.3. The van der Waals surface area contributed by atoms with E-state index in [1.165, 1.54) is 0 Å². The number of carbonyl (C=O) groups excluding carboxylic acids is 1. The van der Waals surface area contributed by atoms with Crippen LogP contribution in [0.1, 0.15) is 13.8 Å². The van der Waals surface area contributed by atoms with Gasteiger partial charge in [0, 0.05) is 20.2 Å². The summed E-state index contributed by atoms with van der Waals surface area (Å²) in [5, 5.41) is 0. The fourth-order valence-corrected chi connectivity index (χ4v) is 1.87. The lowest BCUT2D eigenvalue weighted by atomic mass is 9.84. The first kappa shape index (κ1) is 13.4. The molecule has 1 amide bonds. The molecular weight excluding hydrogens is 208 g/mol. The van der Waals surface area contributed by atoms with E-state index >= 15 is 0 Å². The lowest BCUT2D eigenvalue weighted by molar-refractivity contribution is -0.143. The second kappa shape index (κ2) is 5.12. The Morgan fingerprint density at radius 3 is 2.81 bits per heavy atom. The molecule has 5 heteroatoms. The number of methoxy groups -OCH3 is 1. The van der Waals surface area contributed by atoms with Crippen molar-refractivity contribution >= 4 is 5.91 Å². The first-order valence-electron chi connectivity index (χ1n) is 5.53. The molecule has 0 radical (unpaired) electrons. The maximum absolute atomic E-state index is 12.3. The van der Waals surface area contributed by atoms with Gasteiger partial charge in [-0.3, -0.25) is 4.79 Å². The van der Waals surface area contributed by atoms with Crippen LogP contribution in [0.3, 0.4) is 0 Å². The number of rotatable bonds is 4. The van der Waals surface area contributed by atoms with Crippen LogP contribution < -0.4 is 5.73 Å². The number of likely N-dealkylation sites (N-methyl/N-ethyl adjacent to an activating group) is 1. The Morgan fingerprint density at radius 2 is 2.38 bits per heavy atom. The number of hydrogen-bond donors (Lipinski definition) is 1. The molecule has 1 heterocycles. The average Bonchev–Trinajstić information content (AvgIpc) is 2.59. The minimum absolute atomic E-state index is 0.0297. The number of ether oxygens (including phenoxy) is 2. The summed E-state index contributed by atoms with van der Waals surface area (Å²) >= 11 is 0. The molecule has 5 nitrogen and oxygen atoms in total. The summed E-state index contributed by atoms with van der Waals surface area (Å²) in [7, 11) is 3.41. The molecule has 0 aliphatic carbocycles. The molecule has 1 aliphatic heterocycles. The topological polar surface area (TPSA) is 64.8 Å². The van der Waals surface area contributed by atoms with E-state index in [2.05, 4.69) is 0 Å². The predicted molar refractivity (Wildman–Crippen MR) is 61.0 cm³/mol. The van der Waals surface area contributed by atoms with Crippen LogP contribution in [0.15, 0.2) is 0 Å². The van der Waals surface area contributed by atoms with Gasteiger partial charge in [-0.2, -0.15) is 0 Å². The lowest BCUT2D eigenvalue weighted by Crippen LogP contribution is -2.53. The molecule has 94 valence electrons. The van der Waals surface area contributed by atoms with E-state index < -0.39 is 5.41 Å². The van der Waals surface area contributed by atoms with E-state index in [9.17, 15) is 4.79 Å². The van der Waals surface area contributed by atoms with Crippen LogP contribution in [-0.2, 0) is 14.3 Å². The molecule has 16 heavy (non-hydrogen) atoms. The van der Waals surface area contributed by atoms with Crippen molar-refractivity contribution < 1.29 is 14.3 Å². The normalized spacial score (nSPS) is 31.4. The fraction of sp³-hybridized carbons (Fsp3) is 0.909. The molecule has 0 bridgehead atoms. The standard InChI is InChI=1S/C11H22N2O3/c1-8(5-15-4)13(3)10(14)11(2)7-16-6-9(11)12/h8-9H,5-7,12H2,1-4H3. The van der Waals surface area contributed by atoms with Crippen molar-refractivity contribution in [1.82, 2.24) is 4.90 Å². The highest BCUT2D eigenvalue weighted by Gasteiger charge is 2.46. The quantitative estimate of drug-likeness (QED) is 0.729. The summed E-state index contributed by atoms with van der Waals surface area (Å²) in [6, 6.07) is -0.181. The molecule has 0 spiro atoms. The Morgan fingerprint density at radius 1 is 1.75 bits per heavy atom. The molecule has 0 aromatic heterocycles. The Hall–Kier alpha value is -0.650. The van der Waals surface area contributed by atoms with Crippen LogP contribution in [0, 0.1) is 5.41 Å². The van der Waals surface area contributed by atoms with Crippen molar-refractivity contribution in [1.29, 1.82) is 0 Å². The summed E-state index contributed by atoms with van der Waals surface area (Å²) in [6.45, 7) is 5.19. The second-order valence-electron chi connectivity index (χ2n) is 4.76. The van der Waals surface area contributed by atoms with Crippen molar-refractivity contribution in [3.8, 4) is 0 Å². The minimum atomic E-state index is -0.600. The van der Waals surface area contributed by atoms with Gasteiger partial charge in [0.05, 0.1) is 31.3 Å². The first-order chi connectivity index (χ1) is 7.43. The van der Waals surface area contributed by atoms with Crippen molar-refractivity contribution in [2.75, 3.05) is 34.0 Å². The van der Waals surface area contributed by atoms with Gasteiger partial charge < -0.3 is 20.1 Å². The SMILES string of the molecule is COCC(C)N(C)C(=O)C1(C)COCC1N. The highest BCUT2D eigenvalue weighted by molar-refractivity contribution is 5.83. The molecule has 3 atom stereocenters. The molecule has 2 N–H and O–H groups in total. The van der Waals surface area contributed by atoms with E-state index in [0.29, 0.717) is 19.8 Å². The number of carbonyl (C=O) groups is 1. The first-order valence-corrected chi connectivity index (χ1v) is 5.53. The average molecular weight is 230 g/mol. The van der Waals surface area contributed by atoms with E-state index in [0.717, 1.165) is 0 Å². The zero-order valence-electron chi connectivity index (χ0n) is 10.5. The van der Waals surface area contributed by atoms with Gasteiger partial charge in [-0.25, -0.2) is 0 Å². The molecule has 3 unspecified atom stereocenters. The van der Waals surface area contributed by atoms with Gasteiger partial charge in [0.2, 0.25) is 5.91 Å². The van der Waals surface area contributed by atoms with E-state index in [1.807, 2.05) is 13.8 Å². The highest BCUT2D eigenvalue weighted by Crippen LogP contribution is 2.29. The zero-order valence-corrected chi connectivity index (χ0v) is 10.5. The van der Waals surface area contributed by atoms with E-state index in [-0.39, 0.29) is 18.0 Å². The summed E-state index contributed by atoms with van der Waals surface area (Å²) in [6.07, 6.45) is 0. The van der Waals surface area contributed by atoms with E-state index in [4.69, 9.17) is 15.2 Å². The third kappa shape index (κ3) is 2.36. The van der Waals surface area contributed by atoms with Gasteiger partial charge >= 0.3 is 0 Å². The van der Waals surface area contributed by atoms with Crippen molar-refractivity contribution in [2.24, 2.45) is 11.1 Å². The van der Waals surface area contributed by atoms with Crippen LogP contribution >= 0.6 is 0 Å². The fourth-order valence-electron chi connectivity index (χ4n) is 1.87. The van der Waals surface area contributed by atoms with Gasteiger partial charge in [0.25, 0.3) is 0 Å². The van der Waals surface area contributed by atoms with Gasteiger partial charge in [0.15, 0.2) is 0 Å². The van der Waals surface area contributed by atoms with Crippen molar-refractivity contribution in [3.63, 3.8) is 0 Å². The Labute approximate surface area is 96.9 Å². The maximum atomic E-state index is 12.3. The summed E-state index contributed by atoms with van der Waals surface area (Å²) in [4.78, 5) is 14.0. The summed E-state index contributed by atoms with van der Waals surface area (Å²) < 4.78 is 10.3. The number of nitrogens with two attached hydrogens (primary N) is 1. The molecule has 0 aromatic rings. The summed E-state index contributed by atoms with van der Waals surface area (Å²) in [5.74, 6) is 0.0297.